The summed E-state index contributed by atoms with van der Waals surface area (Å²) in [5.41, 5.74) is 2.00. The fourth-order valence-electron chi connectivity index (χ4n) is 3.45. The molecule has 2 aliphatic rings. The van der Waals surface area contributed by atoms with Gasteiger partial charge in [-0.2, -0.15) is 5.06 Å². The summed E-state index contributed by atoms with van der Waals surface area (Å²) in [6.07, 6.45) is 2.22. The Bertz CT molecular complexity index is 882. The average Bonchev–Trinajstić information content (AvgIpc) is 3.46. The van der Waals surface area contributed by atoms with Crippen LogP contribution in [0.5, 0.6) is 5.75 Å². The predicted molar refractivity (Wildman–Crippen MR) is 107 cm³/mol. The zero-order chi connectivity index (χ0) is 19.6. The van der Waals surface area contributed by atoms with E-state index in [0.717, 1.165) is 29.7 Å². The standard InChI is InChI=1S/C21H26N2O4S/c1-23-21(20(15-27-23)28(24,25)22-13-16-7-8-16)18-9-11-19(12-10-18)26-14-17-5-3-2-4-6-17/h2-6,9-12,16,20-22H,7-8,13-15H2,1H3. The van der Waals surface area contributed by atoms with E-state index in [-0.39, 0.29) is 12.6 Å². The fraction of sp³-hybridized carbons (Fsp3) is 0.429. The van der Waals surface area contributed by atoms with Gasteiger partial charge in [0.25, 0.3) is 0 Å². The van der Waals surface area contributed by atoms with Crippen molar-refractivity contribution in [1.82, 2.24) is 9.79 Å². The lowest BCUT2D eigenvalue weighted by Crippen LogP contribution is -2.40. The van der Waals surface area contributed by atoms with Gasteiger partial charge in [0, 0.05) is 13.6 Å². The van der Waals surface area contributed by atoms with Gasteiger partial charge in [-0.1, -0.05) is 42.5 Å². The molecule has 150 valence electrons. The number of benzene rings is 2. The number of hydrogen-bond donors (Lipinski definition) is 1. The Hall–Kier alpha value is -1.93. The van der Waals surface area contributed by atoms with Crippen molar-refractivity contribution in [2.75, 3.05) is 20.2 Å². The topological polar surface area (TPSA) is 67.9 Å². The van der Waals surface area contributed by atoms with Crippen molar-refractivity contribution in [1.29, 1.82) is 0 Å². The molecule has 7 heteroatoms. The number of sulfonamides is 1. The second-order valence-electron chi connectivity index (χ2n) is 7.51. The minimum Gasteiger partial charge on any atom is -0.489 e. The summed E-state index contributed by atoms with van der Waals surface area (Å²) in [7, 11) is -1.67. The highest BCUT2D eigenvalue weighted by Gasteiger charge is 2.43. The molecule has 6 nitrogen and oxygen atoms in total. The molecule has 2 atom stereocenters. The maximum atomic E-state index is 12.8. The SMILES string of the molecule is CN1OCC(S(=O)(=O)NCC2CC2)C1c1ccc(OCc2ccccc2)cc1. The van der Waals surface area contributed by atoms with E-state index >= 15 is 0 Å². The first-order valence-electron chi connectivity index (χ1n) is 9.64. The quantitative estimate of drug-likeness (QED) is 0.735. The van der Waals surface area contributed by atoms with E-state index in [9.17, 15) is 8.42 Å². The van der Waals surface area contributed by atoms with E-state index in [1.165, 1.54) is 0 Å². The smallest absolute Gasteiger partial charge is 0.218 e. The summed E-state index contributed by atoms with van der Waals surface area (Å²) in [5.74, 6) is 1.25. The Morgan fingerprint density at radius 1 is 1.11 bits per heavy atom. The Balaban J connectivity index is 1.43. The summed E-state index contributed by atoms with van der Waals surface area (Å²) in [4.78, 5) is 5.56. The molecule has 2 aromatic rings. The first-order chi connectivity index (χ1) is 13.5. The molecule has 0 bridgehead atoms. The lowest BCUT2D eigenvalue weighted by molar-refractivity contribution is -0.110. The van der Waals surface area contributed by atoms with E-state index in [0.29, 0.717) is 19.1 Å². The van der Waals surface area contributed by atoms with Gasteiger partial charge in [0.1, 0.15) is 17.6 Å². The molecule has 0 amide bonds. The first-order valence-corrected chi connectivity index (χ1v) is 11.2. The molecule has 0 spiro atoms. The molecule has 2 aromatic carbocycles. The average molecular weight is 403 g/mol. The highest BCUT2D eigenvalue weighted by molar-refractivity contribution is 7.90. The molecular weight excluding hydrogens is 376 g/mol. The number of hydroxylamine groups is 2. The van der Waals surface area contributed by atoms with Crippen LogP contribution in [-0.2, 0) is 21.5 Å². The Morgan fingerprint density at radius 2 is 1.82 bits per heavy atom. The van der Waals surface area contributed by atoms with Gasteiger partial charge in [-0.15, -0.1) is 0 Å². The number of nitrogens with zero attached hydrogens (tertiary/aromatic N) is 1. The molecule has 1 saturated heterocycles. The van der Waals surface area contributed by atoms with Crippen LogP contribution >= 0.6 is 0 Å². The van der Waals surface area contributed by atoms with Gasteiger partial charge in [0.2, 0.25) is 10.0 Å². The van der Waals surface area contributed by atoms with Gasteiger partial charge < -0.3 is 4.74 Å². The van der Waals surface area contributed by atoms with E-state index in [2.05, 4.69) is 4.72 Å². The maximum absolute atomic E-state index is 12.8. The van der Waals surface area contributed by atoms with E-state index < -0.39 is 15.3 Å². The summed E-state index contributed by atoms with van der Waals surface area (Å²) in [6, 6.07) is 17.2. The largest absolute Gasteiger partial charge is 0.489 e. The van der Waals surface area contributed by atoms with E-state index in [4.69, 9.17) is 9.57 Å². The molecule has 0 radical (unpaired) electrons. The van der Waals surface area contributed by atoms with Crippen molar-refractivity contribution >= 4 is 10.0 Å². The molecule has 2 fully saturated rings. The van der Waals surface area contributed by atoms with Crippen molar-refractivity contribution in [3.63, 3.8) is 0 Å². The van der Waals surface area contributed by atoms with E-state index in [1.54, 1.807) is 12.1 Å². The van der Waals surface area contributed by atoms with Crippen LogP contribution in [0.4, 0.5) is 0 Å². The van der Waals surface area contributed by atoms with Crippen molar-refractivity contribution in [2.24, 2.45) is 5.92 Å². The first kappa shape index (κ1) is 19.4. The molecule has 0 aromatic heterocycles. The zero-order valence-electron chi connectivity index (χ0n) is 16.0. The number of hydrogen-bond acceptors (Lipinski definition) is 5. The normalized spacial score (nSPS) is 23.0. The molecule has 1 N–H and O–H groups in total. The monoisotopic (exact) mass is 402 g/mol. The Labute approximate surface area is 166 Å². The highest BCUT2D eigenvalue weighted by atomic mass is 32.2. The lowest BCUT2D eigenvalue weighted by atomic mass is 10.0. The number of rotatable bonds is 8. The summed E-state index contributed by atoms with van der Waals surface area (Å²) < 4.78 is 34.2. The molecule has 4 rings (SSSR count). The van der Waals surface area contributed by atoms with Crippen LogP contribution in [-0.4, -0.2) is 38.9 Å². The van der Waals surface area contributed by atoms with Gasteiger partial charge in [-0.05, 0) is 42.0 Å². The molecule has 1 heterocycles. The van der Waals surface area contributed by atoms with Gasteiger partial charge in [0.05, 0.1) is 12.6 Å². The number of nitrogens with one attached hydrogen (secondary N) is 1. The van der Waals surface area contributed by atoms with Crippen LogP contribution in [0.25, 0.3) is 0 Å². The van der Waals surface area contributed by atoms with Gasteiger partial charge in [0.15, 0.2) is 0 Å². The third-order valence-electron chi connectivity index (χ3n) is 5.32. The second kappa shape index (κ2) is 8.21. The van der Waals surface area contributed by atoms with Gasteiger partial charge in [-0.25, -0.2) is 13.1 Å². The van der Waals surface area contributed by atoms with Crippen LogP contribution in [0.1, 0.15) is 30.0 Å². The molecular formula is C21H26N2O4S. The molecule has 1 saturated carbocycles. The molecule has 2 unspecified atom stereocenters. The van der Waals surface area contributed by atoms with Crippen molar-refractivity contribution in [3.8, 4) is 5.75 Å². The third kappa shape index (κ3) is 4.55. The highest BCUT2D eigenvalue weighted by Crippen LogP contribution is 2.35. The summed E-state index contributed by atoms with van der Waals surface area (Å²) in [5, 5.41) is 1.01. The fourth-order valence-corrected chi connectivity index (χ4v) is 5.04. The summed E-state index contributed by atoms with van der Waals surface area (Å²) >= 11 is 0. The van der Waals surface area contributed by atoms with Crippen molar-refractivity contribution < 1.29 is 18.0 Å². The predicted octanol–water partition coefficient (Wildman–Crippen LogP) is 2.88. The van der Waals surface area contributed by atoms with Crippen molar-refractivity contribution in [2.45, 2.75) is 30.7 Å². The second-order valence-corrected chi connectivity index (χ2v) is 9.49. The lowest BCUT2D eigenvalue weighted by Gasteiger charge is -2.23. The third-order valence-corrected chi connectivity index (χ3v) is 7.09. The van der Waals surface area contributed by atoms with Gasteiger partial charge >= 0.3 is 0 Å². The summed E-state index contributed by atoms with van der Waals surface area (Å²) in [6.45, 7) is 1.18. The van der Waals surface area contributed by atoms with Crippen LogP contribution < -0.4 is 9.46 Å². The maximum Gasteiger partial charge on any atom is 0.218 e. The minimum atomic E-state index is -3.45. The number of ether oxygens (including phenoxy) is 1. The Kier molecular flexibility index (Phi) is 5.68. The van der Waals surface area contributed by atoms with Crippen LogP contribution in [0.2, 0.25) is 0 Å². The van der Waals surface area contributed by atoms with Crippen LogP contribution in [0, 0.1) is 5.92 Å². The van der Waals surface area contributed by atoms with Crippen molar-refractivity contribution in [3.05, 3.63) is 65.7 Å². The minimum absolute atomic E-state index is 0.160. The van der Waals surface area contributed by atoms with Gasteiger partial charge in [-0.3, -0.25) is 4.84 Å². The molecule has 1 aliphatic heterocycles. The van der Waals surface area contributed by atoms with Crippen LogP contribution in [0.3, 0.4) is 0 Å². The molecule has 28 heavy (non-hydrogen) atoms. The Morgan fingerprint density at radius 3 is 2.50 bits per heavy atom. The van der Waals surface area contributed by atoms with E-state index in [1.807, 2.05) is 54.6 Å². The molecule has 1 aliphatic carbocycles. The van der Waals surface area contributed by atoms with Crippen LogP contribution in [0.15, 0.2) is 54.6 Å². The zero-order valence-corrected chi connectivity index (χ0v) is 16.8.